The second-order valence-electron chi connectivity index (χ2n) is 6.14. The molecule has 0 aliphatic carbocycles. The summed E-state index contributed by atoms with van der Waals surface area (Å²) in [4.78, 5) is 0.0424. The summed E-state index contributed by atoms with van der Waals surface area (Å²) in [5.74, 6) is -1.28. The third kappa shape index (κ3) is 3.92. The molecule has 1 aliphatic heterocycles. The highest BCUT2D eigenvalue weighted by Crippen LogP contribution is 2.35. The third-order valence-corrected chi connectivity index (χ3v) is 6.37. The van der Waals surface area contributed by atoms with Gasteiger partial charge in [-0.05, 0) is 25.0 Å². The van der Waals surface area contributed by atoms with Crippen molar-refractivity contribution in [2.45, 2.75) is 29.8 Å². The summed E-state index contributed by atoms with van der Waals surface area (Å²) >= 11 is 0. The van der Waals surface area contributed by atoms with Crippen LogP contribution < -0.4 is 9.47 Å². The highest BCUT2D eigenvalue weighted by atomic mass is 32.2. The maximum absolute atomic E-state index is 12.9. The van der Waals surface area contributed by atoms with Gasteiger partial charge in [0, 0.05) is 25.1 Å². The molecule has 154 valence electrons. The van der Waals surface area contributed by atoms with Crippen molar-refractivity contribution in [1.82, 2.24) is 14.5 Å². The Balaban J connectivity index is 1.72. The minimum Gasteiger partial charge on any atom is -0.493 e. The minimum atomic E-state index is -4.71. The number of rotatable bonds is 5. The molecule has 2 aromatic rings. The van der Waals surface area contributed by atoms with Crippen molar-refractivity contribution in [3.8, 4) is 11.5 Å². The van der Waals surface area contributed by atoms with Crippen LogP contribution in [0.4, 0.5) is 13.2 Å². The van der Waals surface area contributed by atoms with E-state index in [1.165, 1.54) is 36.7 Å². The molecule has 1 saturated heterocycles. The average Bonchev–Trinajstić information content (AvgIpc) is 3.18. The minimum absolute atomic E-state index is 0.0424. The first-order valence-electron chi connectivity index (χ1n) is 8.29. The molecular weight excluding hydrogens is 403 g/mol. The molecule has 0 atom stereocenters. The largest absolute Gasteiger partial charge is 0.493 e. The van der Waals surface area contributed by atoms with Gasteiger partial charge in [0.1, 0.15) is 0 Å². The Labute approximate surface area is 159 Å². The summed E-state index contributed by atoms with van der Waals surface area (Å²) in [6.07, 6.45) is -4.17. The average molecular weight is 421 g/mol. The highest BCUT2D eigenvalue weighted by Gasteiger charge is 2.40. The summed E-state index contributed by atoms with van der Waals surface area (Å²) in [5.41, 5.74) is 0. The van der Waals surface area contributed by atoms with Crippen LogP contribution in [0.5, 0.6) is 11.5 Å². The SMILES string of the molecule is COc1ccc(S(=O)(=O)N2CCC(c3nnc(C(F)(F)F)o3)CC2)cc1OC. The van der Waals surface area contributed by atoms with Crippen molar-refractivity contribution in [3.05, 3.63) is 30.0 Å². The van der Waals surface area contributed by atoms with Crippen molar-refractivity contribution >= 4 is 10.0 Å². The predicted octanol–water partition coefficient (Wildman–Crippen LogP) is 2.67. The third-order valence-electron chi connectivity index (χ3n) is 4.48. The molecule has 1 aromatic carbocycles. The van der Waals surface area contributed by atoms with Crippen LogP contribution in [0.15, 0.2) is 27.5 Å². The molecule has 1 fully saturated rings. The van der Waals surface area contributed by atoms with Gasteiger partial charge < -0.3 is 13.9 Å². The Bertz CT molecular complexity index is 937. The van der Waals surface area contributed by atoms with E-state index in [2.05, 4.69) is 10.2 Å². The number of benzene rings is 1. The number of aromatic nitrogens is 2. The van der Waals surface area contributed by atoms with Crippen LogP contribution in [-0.4, -0.2) is 50.2 Å². The van der Waals surface area contributed by atoms with Crippen LogP contribution in [0, 0.1) is 0 Å². The van der Waals surface area contributed by atoms with E-state index in [9.17, 15) is 21.6 Å². The normalized spacial score (nSPS) is 16.9. The number of methoxy groups -OCH3 is 2. The zero-order valence-electron chi connectivity index (χ0n) is 15.1. The molecule has 0 saturated carbocycles. The molecule has 1 aliphatic rings. The molecule has 28 heavy (non-hydrogen) atoms. The fourth-order valence-electron chi connectivity index (χ4n) is 2.98. The number of ether oxygens (including phenoxy) is 2. The molecule has 0 radical (unpaired) electrons. The maximum Gasteiger partial charge on any atom is 0.470 e. The molecule has 0 spiro atoms. The standard InChI is InChI=1S/C16H18F3N3O5S/c1-25-12-4-3-11(9-13(12)26-2)28(23,24)22-7-5-10(6-8-22)14-20-21-15(27-14)16(17,18)19/h3-4,9-10H,5-8H2,1-2H3. The van der Waals surface area contributed by atoms with Gasteiger partial charge in [0.05, 0.1) is 19.1 Å². The molecule has 8 nitrogen and oxygen atoms in total. The van der Waals surface area contributed by atoms with Gasteiger partial charge in [-0.1, -0.05) is 0 Å². The van der Waals surface area contributed by atoms with E-state index >= 15 is 0 Å². The molecular formula is C16H18F3N3O5S. The zero-order valence-corrected chi connectivity index (χ0v) is 15.9. The molecule has 0 N–H and O–H groups in total. The van der Waals surface area contributed by atoms with Crippen LogP contribution >= 0.6 is 0 Å². The Kier molecular flexibility index (Phi) is 5.53. The lowest BCUT2D eigenvalue weighted by Gasteiger charge is -2.29. The van der Waals surface area contributed by atoms with Gasteiger partial charge in [0.25, 0.3) is 0 Å². The Morgan fingerprint density at radius 3 is 2.29 bits per heavy atom. The van der Waals surface area contributed by atoms with Crippen LogP contribution in [0.1, 0.15) is 30.5 Å². The molecule has 2 heterocycles. The maximum atomic E-state index is 12.9. The van der Waals surface area contributed by atoms with E-state index in [0.717, 1.165) is 0 Å². The van der Waals surface area contributed by atoms with Gasteiger partial charge in [-0.25, -0.2) is 8.42 Å². The molecule has 3 rings (SSSR count). The zero-order chi connectivity index (χ0) is 20.5. The van der Waals surface area contributed by atoms with E-state index < -0.39 is 28.0 Å². The lowest BCUT2D eigenvalue weighted by atomic mass is 9.98. The Morgan fingerprint density at radius 2 is 1.75 bits per heavy atom. The van der Waals surface area contributed by atoms with Crippen LogP contribution in [0.2, 0.25) is 0 Å². The van der Waals surface area contributed by atoms with Crippen molar-refractivity contribution in [2.75, 3.05) is 27.3 Å². The van der Waals surface area contributed by atoms with E-state index in [0.29, 0.717) is 5.75 Å². The van der Waals surface area contributed by atoms with E-state index in [4.69, 9.17) is 13.9 Å². The smallest absolute Gasteiger partial charge is 0.470 e. The first-order chi connectivity index (χ1) is 13.2. The number of alkyl halides is 3. The second-order valence-corrected chi connectivity index (χ2v) is 8.08. The number of sulfonamides is 1. The summed E-state index contributed by atoms with van der Waals surface area (Å²) in [6, 6.07) is 4.28. The van der Waals surface area contributed by atoms with Gasteiger partial charge in [0.2, 0.25) is 15.9 Å². The van der Waals surface area contributed by atoms with Crippen molar-refractivity contribution in [3.63, 3.8) is 0 Å². The first-order valence-corrected chi connectivity index (χ1v) is 9.73. The number of halogens is 3. The Hall–Kier alpha value is -2.34. The fourth-order valence-corrected chi connectivity index (χ4v) is 4.47. The fraction of sp³-hybridized carbons (Fsp3) is 0.500. The first kappa shape index (κ1) is 20.4. The lowest BCUT2D eigenvalue weighted by Crippen LogP contribution is -2.38. The molecule has 0 amide bonds. The summed E-state index contributed by atoms with van der Waals surface area (Å²) in [5, 5.41) is 6.47. The van der Waals surface area contributed by atoms with Crippen LogP contribution in [-0.2, 0) is 16.2 Å². The monoisotopic (exact) mass is 421 g/mol. The van der Waals surface area contributed by atoms with Crippen LogP contribution in [0.25, 0.3) is 0 Å². The van der Waals surface area contributed by atoms with E-state index in [-0.39, 0.29) is 42.5 Å². The van der Waals surface area contributed by atoms with Crippen molar-refractivity contribution in [1.29, 1.82) is 0 Å². The lowest BCUT2D eigenvalue weighted by molar-refractivity contribution is -0.157. The second kappa shape index (κ2) is 7.59. The topological polar surface area (TPSA) is 94.8 Å². The molecule has 1 aromatic heterocycles. The van der Waals surface area contributed by atoms with Crippen molar-refractivity contribution in [2.24, 2.45) is 0 Å². The number of hydrogen-bond donors (Lipinski definition) is 0. The van der Waals surface area contributed by atoms with Gasteiger partial charge in [-0.15, -0.1) is 10.2 Å². The van der Waals surface area contributed by atoms with E-state index in [1.54, 1.807) is 0 Å². The number of piperidine rings is 1. The van der Waals surface area contributed by atoms with Crippen molar-refractivity contribution < 1.29 is 35.5 Å². The molecule has 0 bridgehead atoms. The summed E-state index contributed by atoms with van der Waals surface area (Å²) < 4.78 is 79.7. The number of hydrogen-bond acceptors (Lipinski definition) is 7. The van der Waals surface area contributed by atoms with Gasteiger partial charge in [0.15, 0.2) is 11.5 Å². The van der Waals surface area contributed by atoms with Gasteiger partial charge >= 0.3 is 12.1 Å². The summed E-state index contributed by atoms with van der Waals surface area (Å²) in [7, 11) is -0.947. The molecule has 12 heteroatoms. The number of nitrogens with zero attached hydrogens (tertiary/aromatic N) is 3. The van der Waals surface area contributed by atoms with E-state index in [1.807, 2.05) is 0 Å². The highest BCUT2D eigenvalue weighted by molar-refractivity contribution is 7.89. The van der Waals surface area contributed by atoms with Gasteiger partial charge in [-0.2, -0.15) is 17.5 Å². The summed E-state index contributed by atoms with van der Waals surface area (Å²) in [6.45, 7) is 0.232. The predicted molar refractivity (Wildman–Crippen MR) is 89.6 cm³/mol. The van der Waals surface area contributed by atoms with Gasteiger partial charge in [-0.3, -0.25) is 0 Å². The Morgan fingerprint density at radius 1 is 1.11 bits per heavy atom. The molecule has 0 unspecified atom stereocenters. The van der Waals surface area contributed by atoms with Crippen LogP contribution in [0.3, 0.4) is 0 Å². The quantitative estimate of drug-likeness (QED) is 0.733.